The number of nitrogens with one attached hydrogen (secondary N) is 1. The fraction of sp³-hybridized carbons (Fsp3) is 1.00. The van der Waals surface area contributed by atoms with Crippen LogP contribution >= 0.6 is 7.59 Å². The van der Waals surface area contributed by atoms with Gasteiger partial charge >= 0.3 is 111 Å². The summed E-state index contributed by atoms with van der Waals surface area (Å²) in [5, 5.41) is 3.21. The minimum absolute atomic E-state index is 0.0867. The summed E-state index contributed by atoms with van der Waals surface area (Å²) < 4.78 is 17.7. The first-order valence-corrected chi connectivity index (χ1v) is 8.70. The van der Waals surface area contributed by atoms with Gasteiger partial charge in [0.15, 0.2) is 0 Å². The molecule has 5 nitrogen and oxygen atoms in total. The molecule has 0 aliphatic rings. The van der Waals surface area contributed by atoms with Crippen LogP contribution in [0.1, 0.15) is 55.4 Å². The van der Waals surface area contributed by atoms with Gasteiger partial charge in [-0.05, 0) is 0 Å². The van der Waals surface area contributed by atoms with Gasteiger partial charge in [0.1, 0.15) is 0 Å². The molecule has 0 spiro atoms. The molecule has 0 saturated carbocycles. The van der Waals surface area contributed by atoms with E-state index in [1.807, 2.05) is 55.4 Å². The Morgan fingerprint density at radius 1 is 0.722 bits per heavy atom. The molecule has 0 saturated heterocycles. The molecule has 0 bridgehead atoms. The van der Waals surface area contributed by atoms with Crippen molar-refractivity contribution in [2.45, 2.75) is 79.7 Å². The van der Waals surface area contributed by atoms with Crippen LogP contribution in [0.3, 0.4) is 0 Å². The topological polar surface area (TPSA) is 65.7 Å². The van der Waals surface area contributed by atoms with Gasteiger partial charge in [0.2, 0.25) is 0 Å². The Balaban J connectivity index is 5.35. The molecule has 0 heterocycles. The Morgan fingerprint density at radius 2 is 1.00 bits per heavy atom. The van der Waals surface area contributed by atoms with Crippen LogP contribution in [0, 0.1) is 0 Å². The van der Waals surface area contributed by atoms with Gasteiger partial charge in [0.05, 0.1) is 0 Å². The predicted octanol–water partition coefficient (Wildman–Crippen LogP) is 3.35. The molecule has 0 unspecified atom stereocenters. The van der Waals surface area contributed by atoms with E-state index in [4.69, 9.17) is 19.1 Å². The SMILES string of the molecule is CC(C)NP(N)(OC(C)C)(OC(C)C)OC(C)C. The van der Waals surface area contributed by atoms with Gasteiger partial charge in [-0.15, -0.1) is 0 Å². The fourth-order valence-corrected chi connectivity index (χ4v) is 5.49. The summed E-state index contributed by atoms with van der Waals surface area (Å²) in [5.41, 5.74) is 6.48. The van der Waals surface area contributed by atoms with Crippen molar-refractivity contribution in [3.8, 4) is 0 Å². The second-order valence-electron chi connectivity index (χ2n) is 5.69. The molecule has 0 fully saturated rings. The van der Waals surface area contributed by atoms with Crippen LogP contribution in [0.25, 0.3) is 0 Å². The van der Waals surface area contributed by atoms with E-state index in [1.165, 1.54) is 0 Å². The van der Waals surface area contributed by atoms with Gasteiger partial charge in [-0.1, -0.05) is 0 Å². The molecule has 0 aromatic heterocycles. The van der Waals surface area contributed by atoms with Crippen LogP contribution in [0.2, 0.25) is 0 Å². The van der Waals surface area contributed by atoms with E-state index in [0.29, 0.717) is 0 Å². The molecule has 18 heavy (non-hydrogen) atoms. The summed E-state index contributed by atoms with van der Waals surface area (Å²) in [6.07, 6.45) is -0.260. The number of nitrogens with two attached hydrogens (primary N) is 1. The first-order valence-electron chi connectivity index (χ1n) is 6.64. The van der Waals surface area contributed by atoms with Crippen molar-refractivity contribution < 1.29 is 13.6 Å². The van der Waals surface area contributed by atoms with E-state index in [9.17, 15) is 0 Å². The quantitative estimate of drug-likeness (QED) is 0.668. The van der Waals surface area contributed by atoms with Crippen molar-refractivity contribution in [2.75, 3.05) is 0 Å². The zero-order valence-electron chi connectivity index (χ0n) is 13.1. The number of hydrogen-bond acceptors (Lipinski definition) is 5. The van der Waals surface area contributed by atoms with Crippen molar-refractivity contribution in [3.63, 3.8) is 0 Å². The fourth-order valence-electron chi connectivity index (χ4n) is 1.83. The standard InChI is InChI=1S/C12H31N2O3P/c1-9(2)14-18(13,15-10(3)4,16-11(5)6)17-12(7)8/h9-12,14H,13H2,1-8H3. The Kier molecular flexibility index (Phi) is 6.68. The molecule has 112 valence electrons. The summed E-state index contributed by atoms with van der Waals surface area (Å²) in [6, 6.07) is 0.101. The van der Waals surface area contributed by atoms with Gasteiger partial charge in [-0.25, -0.2) is 0 Å². The van der Waals surface area contributed by atoms with Crippen molar-refractivity contribution >= 4 is 7.59 Å². The van der Waals surface area contributed by atoms with E-state index in [0.717, 1.165) is 0 Å². The van der Waals surface area contributed by atoms with Crippen LogP contribution in [-0.4, -0.2) is 24.4 Å². The molecule has 0 radical (unpaired) electrons. The third-order valence-corrected chi connectivity index (χ3v) is 5.17. The number of rotatable bonds is 8. The normalized spacial score (nSPS) is 15.7. The zero-order chi connectivity index (χ0) is 14.6. The second kappa shape index (κ2) is 6.60. The van der Waals surface area contributed by atoms with E-state index in [-0.39, 0.29) is 24.4 Å². The molecule has 0 aliphatic heterocycles. The zero-order valence-corrected chi connectivity index (χ0v) is 14.0. The molecule has 6 heteroatoms. The van der Waals surface area contributed by atoms with Gasteiger partial charge in [0.25, 0.3) is 0 Å². The van der Waals surface area contributed by atoms with E-state index < -0.39 is 7.59 Å². The van der Waals surface area contributed by atoms with Gasteiger partial charge < -0.3 is 0 Å². The maximum atomic E-state index is 6.48. The predicted molar refractivity (Wildman–Crippen MR) is 78.0 cm³/mol. The Morgan fingerprint density at radius 3 is 1.17 bits per heavy atom. The molecule has 0 aliphatic carbocycles. The third-order valence-electron chi connectivity index (χ3n) is 1.72. The van der Waals surface area contributed by atoms with E-state index >= 15 is 0 Å². The summed E-state index contributed by atoms with van der Waals surface area (Å²) in [5.74, 6) is 0. The Bertz CT molecular complexity index is 206. The molecule has 0 atom stereocenters. The molecule has 3 N–H and O–H groups in total. The van der Waals surface area contributed by atoms with Crippen LogP contribution in [-0.2, 0) is 13.6 Å². The van der Waals surface area contributed by atoms with Crippen LogP contribution in [0.15, 0.2) is 0 Å². The average molecular weight is 282 g/mol. The summed E-state index contributed by atoms with van der Waals surface area (Å²) in [6.45, 7) is 15.5. The molecule has 0 aromatic rings. The molecule has 0 rings (SSSR count). The molecular weight excluding hydrogens is 251 g/mol. The first-order chi connectivity index (χ1) is 7.96. The van der Waals surface area contributed by atoms with Crippen molar-refractivity contribution in [1.29, 1.82) is 0 Å². The molecule has 0 amide bonds. The van der Waals surface area contributed by atoms with E-state index in [2.05, 4.69) is 5.09 Å². The first kappa shape index (κ1) is 18.2. The second-order valence-corrected chi connectivity index (χ2v) is 8.47. The summed E-state index contributed by atoms with van der Waals surface area (Å²) in [7, 11) is -3.78. The van der Waals surface area contributed by atoms with Gasteiger partial charge in [-0.2, -0.15) is 0 Å². The third kappa shape index (κ3) is 6.41. The van der Waals surface area contributed by atoms with Crippen LogP contribution in [0.4, 0.5) is 0 Å². The monoisotopic (exact) mass is 282 g/mol. The van der Waals surface area contributed by atoms with Crippen LogP contribution in [0.5, 0.6) is 0 Å². The average Bonchev–Trinajstić information content (AvgIpc) is 1.92. The summed E-state index contributed by atoms with van der Waals surface area (Å²) >= 11 is 0. The Labute approximate surface area is 112 Å². The van der Waals surface area contributed by atoms with Crippen molar-refractivity contribution in [2.24, 2.45) is 5.50 Å². The minimum atomic E-state index is -3.78. The Hall–Kier alpha value is 0.230. The van der Waals surface area contributed by atoms with E-state index in [1.54, 1.807) is 0 Å². The summed E-state index contributed by atoms with van der Waals surface area (Å²) in [4.78, 5) is 0. The van der Waals surface area contributed by atoms with Gasteiger partial charge in [0, 0.05) is 0 Å². The van der Waals surface area contributed by atoms with Crippen molar-refractivity contribution in [1.82, 2.24) is 5.09 Å². The van der Waals surface area contributed by atoms with Gasteiger partial charge in [-0.3, -0.25) is 0 Å². The molecular formula is C12H31N2O3P. The van der Waals surface area contributed by atoms with Crippen molar-refractivity contribution in [3.05, 3.63) is 0 Å². The molecule has 0 aromatic carbocycles. The van der Waals surface area contributed by atoms with Crippen LogP contribution < -0.4 is 10.6 Å². The maximum absolute atomic E-state index is 6.48. The number of hydrogen-bond donors (Lipinski definition) is 2.